The van der Waals surface area contributed by atoms with Crippen LogP contribution in [0.3, 0.4) is 0 Å². The van der Waals surface area contributed by atoms with E-state index in [0.29, 0.717) is 37.1 Å². The maximum atomic E-state index is 13.7. The number of hydrogen-bond acceptors (Lipinski definition) is 12. The van der Waals surface area contributed by atoms with Gasteiger partial charge in [0.1, 0.15) is 9.79 Å². The monoisotopic (exact) mass is 1130 g/mol. The number of carboxylic acids is 2. The van der Waals surface area contributed by atoms with Gasteiger partial charge in [-0.3, -0.25) is 37.2 Å². The number of alkyl halides is 6. The smallest absolute Gasteiger partial charge is 0.427 e. The highest BCUT2D eigenvalue weighted by Crippen LogP contribution is 2.41. The van der Waals surface area contributed by atoms with Crippen molar-refractivity contribution in [1.29, 1.82) is 0 Å². The molecule has 0 saturated carbocycles. The number of aromatic nitrogens is 4. The average Bonchev–Trinajstić information content (AvgIpc) is 3.88. The first-order valence-corrected chi connectivity index (χ1v) is 26.5. The maximum Gasteiger partial charge on any atom is 0.427 e. The number of fused-ring (bicyclic) bond motifs is 2. The van der Waals surface area contributed by atoms with Crippen molar-refractivity contribution in [2.75, 3.05) is 21.7 Å². The van der Waals surface area contributed by atoms with Crippen molar-refractivity contribution in [3.63, 3.8) is 0 Å². The van der Waals surface area contributed by atoms with Crippen LogP contribution in [0.1, 0.15) is 89.5 Å². The molecular formula is C46H54Cl2F6N6O12S2. The van der Waals surface area contributed by atoms with Crippen LogP contribution in [0, 0.1) is 11.8 Å². The van der Waals surface area contributed by atoms with Gasteiger partial charge in [0.05, 0.1) is 24.2 Å². The molecule has 0 spiro atoms. The fourth-order valence-electron chi connectivity index (χ4n) is 7.92. The van der Waals surface area contributed by atoms with Crippen LogP contribution in [0.5, 0.6) is 0 Å². The van der Waals surface area contributed by atoms with Crippen LogP contribution in [0.4, 0.5) is 37.7 Å². The Morgan fingerprint density at radius 3 is 1.26 bits per heavy atom. The molecule has 18 nitrogen and oxygen atoms in total. The molecule has 0 bridgehead atoms. The lowest BCUT2D eigenvalue weighted by molar-refractivity contribution is -0.257. The van der Waals surface area contributed by atoms with Crippen LogP contribution < -0.4 is 8.61 Å². The van der Waals surface area contributed by atoms with Crippen molar-refractivity contribution in [3.8, 4) is 0 Å². The largest absolute Gasteiger partial charge is 0.481 e. The lowest BCUT2D eigenvalue weighted by Crippen LogP contribution is -2.43. The summed E-state index contributed by atoms with van der Waals surface area (Å²) < 4.78 is 147. The number of carbonyl (C=O) groups is 4. The van der Waals surface area contributed by atoms with Crippen LogP contribution in [0.25, 0.3) is 0 Å². The van der Waals surface area contributed by atoms with Gasteiger partial charge in [0.2, 0.25) is 11.2 Å². The van der Waals surface area contributed by atoms with Gasteiger partial charge >= 0.3 is 36.2 Å². The molecule has 2 aliphatic rings. The SMILES string of the molecule is CCn1cc(S(=O)(=O)N2C[C@@H](CCC(=O)O)Cc3ccc(CC(=O)OC(C)(C)C(F)(F)F)cc32)c(Cl)n1.CCn1cc(S(=O)(=O)N2C[C@H](CCC(=O)O)Cc3ccc(CC(=O)OC(C)(C)C(F)(F)F)cc32)c(Cl)n1. The molecule has 408 valence electrons. The molecule has 4 heterocycles. The number of sulfonamides is 2. The Balaban J connectivity index is 0.000000274. The average molecular weight is 1130 g/mol. The van der Waals surface area contributed by atoms with Crippen LogP contribution in [-0.4, -0.2) is 107 Å². The number of anilines is 2. The van der Waals surface area contributed by atoms with Crippen molar-refractivity contribution in [2.45, 2.75) is 139 Å². The van der Waals surface area contributed by atoms with E-state index in [1.807, 2.05) is 0 Å². The molecule has 2 aromatic heterocycles. The number of benzene rings is 2. The summed E-state index contributed by atoms with van der Waals surface area (Å²) in [5.74, 6) is -4.91. The van der Waals surface area contributed by atoms with Gasteiger partial charge in [0.25, 0.3) is 20.0 Å². The van der Waals surface area contributed by atoms with E-state index in [0.717, 1.165) is 36.3 Å². The number of ether oxygens (including phenoxy) is 2. The van der Waals surface area contributed by atoms with Crippen molar-refractivity contribution >= 4 is 78.5 Å². The fourth-order valence-corrected chi connectivity index (χ4v) is 12.0. The van der Waals surface area contributed by atoms with E-state index >= 15 is 0 Å². The molecule has 0 fully saturated rings. The minimum Gasteiger partial charge on any atom is -0.481 e. The number of carboxylic acid groups (broad SMARTS) is 2. The summed E-state index contributed by atoms with van der Waals surface area (Å²) in [5, 5.41) is 25.7. The Bertz CT molecular complexity index is 2780. The first kappa shape index (κ1) is 59.3. The number of rotatable bonds is 18. The van der Waals surface area contributed by atoms with Gasteiger partial charge in [-0.15, -0.1) is 0 Å². The quantitative estimate of drug-likeness (QED) is 0.0703. The number of carbonyl (C=O) groups excluding carboxylic acids is 2. The van der Waals surface area contributed by atoms with Gasteiger partial charge < -0.3 is 19.7 Å². The van der Waals surface area contributed by atoms with E-state index in [-0.39, 0.29) is 93.2 Å². The Morgan fingerprint density at radius 2 is 0.973 bits per heavy atom. The van der Waals surface area contributed by atoms with Gasteiger partial charge in [0, 0.05) is 51.4 Å². The lowest BCUT2D eigenvalue weighted by Gasteiger charge is -2.35. The molecule has 0 saturated heterocycles. The summed E-state index contributed by atoms with van der Waals surface area (Å²) in [6.45, 7) is 7.10. The van der Waals surface area contributed by atoms with Crippen LogP contribution >= 0.6 is 23.2 Å². The highest BCUT2D eigenvalue weighted by molar-refractivity contribution is 7.93. The third kappa shape index (κ3) is 14.0. The van der Waals surface area contributed by atoms with Crippen molar-refractivity contribution in [2.24, 2.45) is 11.8 Å². The Kier molecular flexibility index (Phi) is 18.2. The van der Waals surface area contributed by atoms with E-state index in [1.54, 1.807) is 26.0 Å². The van der Waals surface area contributed by atoms with E-state index < -0.39 is 80.3 Å². The zero-order chi connectivity index (χ0) is 55.5. The Labute approximate surface area is 432 Å². The first-order valence-electron chi connectivity index (χ1n) is 22.9. The third-order valence-electron chi connectivity index (χ3n) is 12.2. The second kappa shape index (κ2) is 22.7. The summed E-state index contributed by atoms with van der Waals surface area (Å²) in [6, 6.07) is 9.01. The predicted octanol–water partition coefficient (Wildman–Crippen LogP) is 8.43. The Morgan fingerprint density at radius 1 is 0.635 bits per heavy atom. The van der Waals surface area contributed by atoms with Gasteiger partial charge in [-0.05, 0) is 113 Å². The molecule has 0 unspecified atom stereocenters. The molecule has 74 heavy (non-hydrogen) atoms. The van der Waals surface area contributed by atoms with Crippen LogP contribution in [0.2, 0.25) is 10.3 Å². The maximum absolute atomic E-state index is 13.7. The zero-order valence-corrected chi connectivity index (χ0v) is 43.9. The molecule has 0 amide bonds. The number of hydrogen-bond donors (Lipinski definition) is 2. The second-order valence-electron chi connectivity index (χ2n) is 18.6. The lowest BCUT2D eigenvalue weighted by atomic mass is 9.89. The fraction of sp³-hybridized carbons (Fsp3) is 0.522. The van der Waals surface area contributed by atoms with Gasteiger partial charge in [-0.2, -0.15) is 36.5 Å². The summed E-state index contributed by atoms with van der Waals surface area (Å²) in [7, 11) is -8.51. The van der Waals surface area contributed by atoms with Crippen molar-refractivity contribution in [3.05, 3.63) is 81.4 Å². The number of aryl methyl sites for hydroxylation is 2. The molecule has 0 radical (unpaired) electrons. The third-order valence-corrected chi connectivity index (χ3v) is 16.5. The number of aliphatic carboxylic acids is 2. The van der Waals surface area contributed by atoms with E-state index in [4.69, 9.17) is 33.4 Å². The second-order valence-corrected chi connectivity index (χ2v) is 23.0. The highest BCUT2D eigenvalue weighted by Gasteiger charge is 2.52. The minimum atomic E-state index is -4.77. The first-order chi connectivity index (χ1) is 34.1. The molecule has 28 heteroatoms. The molecule has 4 aromatic rings. The zero-order valence-electron chi connectivity index (χ0n) is 40.8. The number of halogens is 8. The van der Waals surface area contributed by atoms with Crippen molar-refractivity contribution in [1.82, 2.24) is 19.6 Å². The van der Waals surface area contributed by atoms with E-state index in [1.165, 1.54) is 46.0 Å². The predicted molar refractivity (Wildman–Crippen MR) is 256 cm³/mol. The van der Waals surface area contributed by atoms with Crippen LogP contribution in [-0.2, 0) is 87.5 Å². The molecule has 2 aliphatic heterocycles. The molecule has 6 rings (SSSR count). The number of esters is 2. The molecule has 0 aliphatic carbocycles. The Hall–Kier alpha value is -5.60. The van der Waals surface area contributed by atoms with Gasteiger partial charge in [0.15, 0.2) is 10.3 Å². The van der Waals surface area contributed by atoms with Crippen LogP contribution in [0.15, 0.2) is 58.6 Å². The highest BCUT2D eigenvalue weighted by atomic mass is 35.5. The molecular weight excluding hydrogens is 1080 g/mol. The topological polar surface area (TPSA) is 238 Å². The summed E-state index contributed by atoms with van der Waals surface area (Å²) in [5.41, 5.74) is -3.27. The number of nitrogens with zero attached hydrogens (tertiary/aromatic N) is 6. The molecule has 2 atom stereocenters. The normalized spacial score (nSPS) is 16.4. The summed E-state index contributed by atoms with van der Waals surface area (Å²) in [4.78, 5) is 46.3. The van der Waals surface area contributed by atoms with Gasteiger partial charge in [-0.25, -0.2) is 16.8 Å². The standard InChI is InChI=1S/2C23H27ClF3N3O6S/c2*1-4-29-13-18(21(24)28-29)37(34,35)30-12-15(6-8-19(31)32)9-16-7-5-14(10-17(16)30)11-20(33)36-22(2,3)23(25,26)27/h2*5,7,10,13,15H,4,6,8-9,11-12H2,1-3H3,(H,31,32)/t2*15-/m10/s1. The molecule has 2 aromatic carbocycles. The van der Waals surface area contributed by atoms with Crippen molar-refractivity contribution < 1.29 is 82.0 Å². The van der Waals surface area contributed by atoms with E-state index in [2.05, 4.69) is 19.7 Å². The van der Waals surface area contributed by atoms with Gasteiger partial charge in [-0.1, -0.05) is 47.5 Å². The van der Waals surface area contributed by atoms with E-state index in [9.17, 15) is 62.4 Å². The summed E-state index contributed by atoms with van der Waals surface area (Å²) in [6.07, 6.45) is -7.08. The minimum absolute atomic E-state index is 0.0503. The molecule has 2 N–H and O–H groups in total. The summed E-state index contributed by atoms with van der Waals surface area (Å²) >= 11 is 12.2.